The van der Waals surface area contributed by atoms with Crippen LogP contribution >= 0.6 is 0 Å². The van der Waals surface area contributed by atoms with E-state index in [-0.39, 0.29) is 17.2 Å². The third-order valence-electron chi connectivity index (χ3n) is 7.66. The summed E-state index contributed by atoms with van der Waals surface area (Å²) in [5, 5.41) is 0. The molecule has 0 aliphatic heterocycles. The fourth-order valence-electron chi connectivity index (χ4n) is 5.93. The van der Waals surface area contributed by atoms with Crippen LogP contribution in [-0.4, -0.2) is 13.7 Å². The lowest BCUT2D eigenvalue weighted by Crippen LogP contribution is -2.25. The van der Waals surface area contributed by atoms with Crippen LogP contribution in [0.5, 0.6) is 11.5 Å². The number of rotatable bonds is 8. The molecule has 0 bridgehead atoms. The highest BCUT2D eigenvalue weighted by Gasteiger charge is 2.34. The minimum Gasteiger partial charge on any atom is -0.496 e. The van der Waals surface area contributed by atoms with Crippen molar-refractivity contribution in [3.05, 3.63) is 92.8 Å². The second-order valence-electron chi connectivity index (χ2n) is 11.3. The summed E-state index contributed by atoms with van der Waals surface area (Å²) in [7, 11) is 1.72. The average Bonchev–Trinajstić information content (AvgIpc) is 2.77. The quantitative estimate of drug-likeness (QED) is 0.314. The van der Waals surface area contributed by atoms with Crippen molar-refractivity contribution in [3.8, 4) is 11.5 Å². The average molecular weight is 491 g/mol. The van der Waals surface area contributed by atoms with Crippen LogP contribution in [0.4, 0.5) is 4.39 Å². The van der Waals surface area contributed by atoms with Gasteiger partial charge in [0.1, 0.15) is 17.3 Å². The summed E-state index contributed by atoms with van der Waals surface area (Å²) in [6.45, 7) is 21.8. The Morgan fingerprint density at radius 3 is 1.86 bits per heavy atom. The Hall–Kier alpha value is -2.81. The van der Waals surface area contributed by atoms with E-state index in [9.17, 15) is 0 Å². The van der Waals surface area contributed by atoms with Crippen molar-refractivity contribution >= 4 is 0 Å². The lowest BCUT2D eigenvalue weighted by atomic mass is 9.71. The summed E-state index contributed by atoms with van der Waals surface area (Å²) in [4.78, 5) is 0. The SMILES string of the molecule is CCOc1cccc(C)c1C(C)(C)c1cc(C)c(C(C)(C)c2cc(C)c(C(C)C)c(F)c2)c(OC)c1. The van der Waals surface area contributed by atoms with Crippen molar-refractivity contribution < 1.29 is 13.9 Å². The molecule has 0 fully saturated rings. The first-order chi connectivity index (χ1) is 16.8. The molecule has 3 heteroatoms. The number of benzene rings is 3. The lowest BCUT2D eigenvalue weighted by Gasteiger charge is -2.34. The maximum Gasteiger partial charge on any atom is 0.127 e. The van der Waals surface area contributed by atoms with Crippen LogP contribution in [0.1, 0.15) is 98.9 Å². The van der Waals surface area contributed by atoms with Gasteiger partial charge >= 0.3 is 0 Å². The highest BCUT2D eigenvalue weighted by Crippen LogP contribution is 2.46. The fraction of sp³-hybridized carbons (Fsp3) is 0.455. The van der Waals surface area contributed by atoms with E-state index in [0.29, 0.717) is 6.61 Å². The molecule has 0 amide bonds. The van der Waals surface area contributed by atoms with Crippen molar-refractivity contribution in [3.63, 3.8) is 0 Å². The highest BCUT2D eigenvalue weighted by atomic mass is 19.1. The van der Waals surface area contributed by atoms with Gasteiger partial charge in [0.05, 0.1) is 13.7 Å². The predicted molar refractivity (Wildman–Crippen MR) is 150 cm³/mol. The standard InChI is InChI=1S/C33H43FO2/c1-12-36-27-15-13-14-21(4)30(27)33(9,10)25-17-23(6)31(28(19-25)35-11)32(7,8)24-16-22(5)29(20(2)3)26(34)18-24/h13-20H,12H2,1-11H3. The number of halogens is 1. The maximum atomic E-state index is 15.2. The van der Waals surface area contributed by atoms with Crippen LogP contribution in [0, 0.1) is 26.6 Å². The normalized spacial score (nSPS) is 12.2. The van der Waals surface area contributed by atoms with Crippen LogP contribution in [0.15, 0.2) is 42.5 Å². The molecule has 0 unspecified atom stereocenters. The molecule has 0 radical (unpaired) electrons. The summed E-state index contributed by atoms with van der Waals surface area (Å²) >= 11 is 0. The second kappa shape index (κ2) is 10.3. The van der Waals surface area contributed by atoms with E-state index in [2.05, 4.69) is 65.8 Å². The molecule has 0 atom stereocenters. The molecule has 0 saturated heterocycles. The van der Waals surface area contributed by atoms with Crippen molar-refractivity contribution in [1.29, 1.82) is 0 Å². The molecule has 0 spiro atoms. The van der Waals surface area contributed by atoms with Gasteiger partial charge in [-0.15, -0.1) is 0 Å². The Balaban J connectivity index is 2.20. The van der Waals surface area contributed by atoms with E-state index in [1.54, 1.807) is 13.2 Å². The molecule has 3 rings (SSSR count). The van der Waals surface area contributed by atoms with Crippen LogP contribution in [0.2, 0.25) is 0 Å². The first-order valence-corrected chi connectivity index (χ1v) is 13.0. The minimum atomic E-state index is -0.446. The van der Waals surface area contributed by atoms with E-state index in [0.717, 1.165) is 44.9 Å². The van der Waals surface area contributed by atoms with Crippen molar-refractivity contribution in [2.45, 2.75) is 86.0 Å². The molecular weight excluding hydrogens is 447 g/mol. The minimum absolute atomic E-state index is 0.134. The van der Waals surface area contributed by atoms with Gasteiger partial charge in [0.2, 0.25) is 0 Å². The molecule has 36 heavy (non-hydrogen) atoms. The van der Waals surface area contributed by atoms with Gasteiger partial charge in [0.25, 0.3) is 0 Å². The molecule has 0 N–H and O–H groups in total. The van der Waals surface area contributed by atoms with Gasteiger partial charge in [-0.25, -0.2) is 4.39 Å². The zero-order chi connectivity index (χ0) is 27.0. The summed E-state index contributed by atoms with van der Waals surface area (Å²) in [6.07, 6.45) is 0. The zero-order valence-electron chi connectivity index (χ0n) is 24.0. The van der Waals surface area contributed by atoms with Crippen LogP contribution < -0.4 is 9.47 Å². The van der Waals surface area contributed by atoms with Crippen molar-refractivity contribution in [2.24, 2.45) is 0 Å². The second-order valence-corrected chi connectivity index (χ2v) is 11.3. The van der Waals surface area contributed by atoms with Crippen LogP contribution in [0.3, 0.4) is 0 Å². The molecule has 3 aromatic carbocycles. The number of ether oxygens (including phenoxy) is 2. The zero-order valence-corrected chi connectivity index (χ0v) is 24.0. The van der Waals surface area contributed by atoms with E-state index in [1.807, 2.05) is 39.8 Å². The van der Waals surface area contributed by atoms with Crippen LogP contribution in [-0.2, 0) is 10.8 Å². The van der Waals surface area contributed by atoms with E-state index < -0.39 is 5.41 Å². The van der Waals surface area contributed by atoms with Crippen LogP contribution in [0.25, 0.3) is 0 Å². The summed E-state index contributed by atoms with van der Waals surface area (Å²) in [5.41, 5.74) is 7.72. The first-order valence-electron chi connectivity index (χ1n) is 13.0. The monoisotopic (exact) mass is 490 g/mol. The Labute approximate surface area is 217 Å². The number of methoxy groups -OCH3 is 1. The van der Waals surface area contributed by atoms with Gasteiger partial charge in [-0.05, 0) is 85.2 Å². The number of hydrogen-bond donors (Lipinski definition) is 0. The van der Waals surface area contributed by atoms with E-state index in [4.69, 9.17) is 9.47 Å². The van der Waals surface area contributed by atoms with Gasteiger partial charge in [-0.3, -0.25) is 0 Å². The fourth-order valence-corrected chi connectivity index (χ4v) is 5.93. The third kappa shape index (κ3) is 4.90. The highest BCUT2D eigenvalue weighted by molar-refractivity contribution is 5.57. The molecule has 0 heterocycles. The Kier molecular flexibility index (Phi) is 7.93. The topological polar surface area (TPSA) is 18.5 Å². The predicted octanol–water partition coefficient (Wildman–Crippen LogP) is 8.93. The molecule has 0 saturated carbocycles. The smallest absolute Gasteiger partial charge is 0.127 e. The maximum absolute atomic E-state index is 15.2. The molecule has 2 nitrogen and oxygen atoms in total. The van der Waals surface area contributed by atoms with Gasteiger partial charge in [0.15, 0.2) is 0 Å². The molecule has 0 aromatic heterocycles. The van der Waals surface area contributed by atoms with Gasteiger partial charge < -0.3 is 9.47 Å². The molecule has 3 aromatic rings. The molecule has 0 aliphatic rings. The summed E-state index contributed by atoms with van der Waals surface area (Å²) in [6, 6.07) is 14.5. The summed E-state index contributed by atoms with van der Waals surface area (Å²) < 4.78 is 27.2. The molecule has 0 aliphatic carbocycles. The molecule has 194 valence electrons. The first kappa shape index (κ1) is 27.8. The summed E-state index contributed by atoms with van der Waals surface area (Å²) in [5.74, 6) is 1.74. The largest absolute Gasteiger partial charge is 0.496 e. The van der Waals surface area contributed by atoms with Gasteiger partial charge in [-0.1, -0.05) is 65.8 Å². The Bertz CT molecular complexity index is 1230. The van der Waals surface area contributed by atoms with Gasteiger partial charge in [0, 0.05) is 22.0 Å². The number of aryl methyl sites for hydroxylation is 3. The third-order valence-corrected chi connectivity index (χ3v) is 7.66. The van der Waals surface area contributed by atoms with Gasteiger partial charge in [-0.2, -0.15) is 0 Å². The van der Waals surface area contributed by atoms with E-state index in [1.165, 1.54) is 11.1 Å². The molecular formula is C33H43FO2. The number of hydrogen-bond acceptors (Lipinski definition) is 2. The Morgan fingerprint density at radius 2 is 1.33 bits per heavy atom. The van der Waals surface area contributed by atoms with Crippen molar-refractivity contribution in [1.82, 2.24) is 0 Å². The van der Waals surface area contributed by atoms with Crippen molar-refractivity contribution in [2.75, 3.05) is 13.7 Å². The Morgan fingerprint density at radius 1 is 0.778 bits per heavy atom. The lowest BCUT2D eigenvalue weighted by molar-refractivity contribution is 0.331. The van der Waals surface area contributed by atoms with E-state index >= 15 is 4.39 Å².